The first-order valence-corrected chi connectivity index (χ1v) is 7.14. The Morgan fingerprint density at radius 2 is 2.06 bits per heavy atom. The fourth-order valence-electron chi connectivity index (χ4n) is 1.54. The van der Waals surface area contributed by atoms with Crippen molar-refractivity contribution in [3.8, 4) is 10.6 Å². The van der Waals surface area contributed by atoms with Gasteiger partial charge >= 0.3 is 0 Å². The normalized spacial score (nSPS) is 11.1. The molecule has 5 heteroatoms. The lowest BCUT2D eigenvalue weighted by molar-refractivity contribution is 0.550. The molecule has 0 aliphatic rings. The van der Waals surface area contributed by atoms with Gasteiger partial charge in [-0.05, 0) is 18.5 Å². The molecule has 2 rings (SSSR count). The van der Waals surface area contributed by atoms with Crippen LogP contribution in [0.4, 0.5) is 0 Å². The van der Waals surface area contributed by atoms with Crippen LogP contribution in [0.2, 0.25) is 5.02 Å². The molecule has 1 aromatic heterocycles. The third-order valence-corrected chi connectivity index (χ3v) is 3.69. The van der Waals surface area contributed by atoms with Crippen LogP contribution >= 0.6 is 22.9 Å². The van der Waals surface area contributed by atoms with Crippen LogP contribution in [-0.4, -0.2) is 16.7 Å². The lowest BCUT2D eigenvalue weighted by Crippen LogP contribution is -2.18. The second kappa shape index (κ2) is 6.27. The molecule has 0 atom stereocenters. The smallest absolute Gasteiger partial charge is 0.149 e. The Hall–Kier alpha value is -0.970. The first-order valence-electron chi connectivity index (χ1n) is 5.95. The molecule has 18 heavy (non-hydrogen) atoms. The Balaban J connectivity index is 2.04. The zero-order valence-corrected chi connectivity index (χ0v) is 12.1. The van der Waals surface area contributed by atoms with Gasteiger partial charge in [0.05, 0.1) is 5.02 Å². The van der Waals surface area contributed by atoms with Crippen LogP contribution < -0.4 is 5.32 Å². The van der Waals surface area contributed by atoms with E-state index in [-0.39, 0.29) is 0 Å². The molecule has 2 aromatic rings. The molecular formula is C13H16ClN3S. The van der Waals surface area contributed by atoms with E-state index in [9.17, 15) is 0 Å². The highest BCUT2D eigenvalue weighted by molar-refractivity contribution is 7.14. The summed E-state index contributed by atoms with van der Waals surface area (Å²) in [5, 5.41) is 14.3. The van der Waals surface area contributed by atoms with E-state index in [0.29, 0.717) is 5.92 Å². The van der Waals surface area contributed by atoms with Crippen LogP contribution in [0.1, 0.15) is 18.9 Å². The van der Waals surface area contributed by atoms with Gasteiger partial charge < -0.3 is 5.32 Å². The van der Waals surface area contributed by atoms with Gasteiger partial charge in [-0.3, -0.25) is 0 Å². The zero-order valence-electron chi connectivity index (χ0n) is 10.5. The fraction of sp³-hybridized carbons (Fsp3) is 0.385. The lowest BCUT2D eigenvalue weighted by atomic mass is 10.2. The average Bonchev–Trinajstić information content (AvgIpc) is 2.78. The van der Waals surface area contributed by atoms with Crippen molar-refractivity contribution in [3.05, 3.63) is 34.3 Å². The minimum atomic E-state index is 0.640. The van der Waals surface area contributed by atoms with Crippen LogP contribution in [-0.2, 0) is 6.54 Å². The molecule has 0 amide bonds. The van der Waals surface area contributed by atoms with Gasteiger partial charge in [-0.25, -0.2) is 0 Å². The highest BCUT2D eigenvalue weighted by atomic mass is 35.5. The Labute approximate surface area is 116 Å². The molecule has 0 saturated carbocycles. The predicted octanol–water partition coefficient (Wildman–Crippen LogP) is 3.60. The largest absolute Gasteiger partial charge is 0.310 e. The first-order chi connectivity index (χ1) is 8.66. The summed E-state index contributed by atoms with van der Waals surface area (Å²) in [7, 11) is 0. The van der Waals surface area contributed by atoms with Crippen molar-refractivity contribution in [2.45, 2.75) is 20.4 Å². The van der Waals surface area contributed by atoms with Crippen molar-refractivity contribution in [1.82, 2.24) is 15.5 Å². The van der Waals surface area contributed by atoms with Crippen LogP contribution in [0.3, 0.4) is 0 Å². The van der Waals surface area contributed by atoms with E-state index in [1.807, 2.05) is 24.3 Å². The number of rotatable bonds is 5. The lowest BCUT2D eigenvalue weighted by Gasteiger charge is -2.04. The molecule has 3 nitrogen and oxygen atoms in total. The van der Waals surface area contributed by atoms with Gasteiger partial charge in [0, 0.05) is 12.1 Å². The van der Waals surface area contributed by atoms with Crippen LogP contribution in [0.25, 0.3) is 10.6 Å². The minimum Gasteiger partial charge on any atom is -0.310 e. The van der Waals surface area contributed by atoms with E-state index in [2.05, 4.69) is 29.4 Å². The maximum atomic E-state index is 6.14. The van der Waals surface area contributed by atoms with E-state index < -0.39 is 0 Å². The summed E-state index contributed by atoms with van der Waals surface area (Å²) in [6.45, 7) is 6.12. The quantitative estimate of drug-likeness (QED) is 0.910. The standard InChI is InChI=1S/C13H16ClN3S/c1-9(2)7-15-8-12-16-17-13(18-12)10-5-3-4-6-11(10)14/h3-6,9,15H,7-8H2,1-2H3. The van der Waals surface area contributed by atoms with Gasteiger partial charge in [0.2, 0.25) is 0 Å². The van der Waals surface area contributed by atoms with Crippen LogP contribution in [0, 0.1) is 5.92 Å². The third-order valence-electron chi connectivity index (χ3n) is 2.40. The molecule has 0 fully saturated rings. The van der Waals surface area contributed by atoms with Crippen LogP contribution in [0.5, 0.6) is 0 Å². The summed E-state index contributed by atoms with van der Waals surface area (Å²) in [6.07, 6.45) is 0. The highest BCUT2D eigenvalue weighted by Gasteiger charge is 2.09. The number of nitrogens with one attached hydrogen (secondary N) is 1. The van der Waals surface area contributed by atoms with Gasteiger partial charge in [0.1, 0.15) is 10.0 Å². The number of hydrogen-bond donors (Lipinski definition) is 1. The number of halogens is 1. The second-order valence-corrected chi connectivity index (χ2v) is 5.97. The highest BCUT2D eigenvalue weighted by Crippen LogP contribution is 2.29. The zero-order chi connectivity index (χ0) is 13.0. The first kappa shape index (κ1) is 13.5. The molecule has 1 N–H and O–H groups in total. The van der Waals surface area contributed by atoms with Crippen molar-refractivity contribution in [1.29, 1.82) is 0 Å². The summed E-state index contributed by atoms with van der Waals surface area (Å²) in [5.74, 6) is 0.640. The SMILES string of the molecule is CC(C)CNCc1nnc(-c2ccccc2Cl)s1. The molecular weight excluding hydrogens is 266 g/mol. The molecule has 0 aliphatic heterocycles. The van der Waals surface area contributed by atoms with Crippen molar-refractivity contribution in [2.75, 3.05) is 6.54 Å². The summed E-state index contributed by atoms with van der Waals surface area (Å²) in [5.41, 5.74) is 0.951. The molecule has 96 valence electrons. The van der Waals surface area contributed by atoms with E-state index >= 15 is 0 Å². The molecule has 0 unspecified atom stereocenters. The van der Waals surface area contributed by atoms with Gasteiger partial charge in [0.25, 0.3) is 0 Å². The van der Waals surface area contributed by atoms with Crippen molar-refractivity contribution in [3.63, 3.8) is 0 Å². The van der Waals surface area contributed by atoms with Gasteiger partial charge in [0.15, 0.2) is 0 Å². The van der Waals surface area contributed by atoms with Gasteiger partial charge in [-0.1, -0.05) is 55.0 Å². The Morgan fingerprint density at radius 3 is 2.78 bits per heavy atom. The van der Waals surface area contributed by atoms with E-state index in [4.69, 9.17) is 11.6 Å². The monoisotopic (exact) mass is 281 g/mol. The molecule has 0 aliphatic carbocycles. The van der Waals surface area contributed by atoms with E-state index in [1.165, 1.54) is 0 Å². The Morgan fingerprint density at radius 1 is 1.28 bits per heavy atom. The van der Waals surface area contributed by atoms with Crippen LogP contribution in [0.15, 0.2) is 24.3 Å². The van der Waals surface area contributed by atoms with Gasteiger partial charge in [-0.2, -0.15) is 0 Å². The molecule has 0 saturated heterocycles. The maximum absolute atomic E-state index is 6.14. The maximum Gasteiger partial charge on any atom is 0.149 e. The van der Waals surface area contributed by atoms with Crippen molar-refractivity contribution >= 4 is 22.9 Å². The van der Waals surface area contributed by atoms with Gasteiger partial charge in [-0.15, -0.1) is 10.2 Å². The topological polar surface area (TPSA) is 37.8 Å². The predicted molar refractivity (Wildman–Crippen MR) is 76.9 cm³/mol. The second-order valence-electron chi connectivity index (χ2n) is 4.51. The fourth-order valence-corrected chi connectivity index (χ4v) is 2.67. The summed E-state index contributed by atoms with van der Waals surface area (Å²) >= 11 is 7.72. The Bertz CT molecular complexity index is 510. The molecule has 0 radical (unpaired) electrons. The number of aromatic nitrogens is 2. The Kier molecular flexibility index (Phi) is 4.69. The third kappa shape index (κ3) is 3.51. The van der Waals surface area contributed by atoms with E-state index in [1.54, 1.807) is 11.3 Å². The number of hydrogen-bond acceptors (Lipinski definition) is 4. The van der Waals surface area contributed by atoms with E-state index in [0.717, 1.165) is 33.7 Å². The number of nitrogens with zero attached hydrogens (tertiary/aromatic N) is 2. The number of benzene rings is 1. The minimum absolute atomic E-state index is 0.640. The summed E-state index contributed by atoms with van der Waals surface area (Å²) in [6, 6.07) is 7.71. The molecule has 0 bridgehead atoms. The molecule has 1 heterocycles. The summed E-state index contributed by atoms with van der Waals surface area (Å²) in [4.78, 5) is 0. The average molecular weight is 282 g/mol. The van der Waals surface area contributed by atoms with Crippen molar-refractivity contribution < 1.29 is 0 Å². The summed E-state index contributed by atoms with van der Waals surface area (Å²) < 4.78 is 0. The molecule has 0 spiro atoms. The van der Waals surface area contributed by atoms with Crippen molar-refractivity contribution in [2.24, 2.45) is 5.92 Å². The molecule has 1 aromatic carbocycles.